The van der Waals surface area contributed by atoms with Crippen LogP contribution in [0, 0.1) is 39.9 Å². The molecule has 2 N–H and O–H groups in total. The number of fused-ring (bicyclic) bond motifs is 1. The van der Waals surface area contributed by atoms with Gasteiger partial charge >= 0.3 is 0 Å². The molecule has 0 aromatic heterocycles. The van der Waals surface area contributed by atoms with Gasteiger partial charge in [-0.3, -0.25) is 4.90 Å². The van der Waals surface area contributed by atoms with E-state index in [4.69, 9.17) is 0 Å². The third-order valence-electron chi connectivity index (χ3n) is 10.2. The summed E-state index contributed by atoms with van der Waals surface area (Å²) in [7, 11) is 0. The fourth-order valence-corrected chi connectivity index (χ4v) is 10.6. The van der Waals surface area contributed by atoms with Gasteiger partial charge in [-0.15, -0.1) is 0 Å². The second-order valence-corrected chi connectivity index (χ2v) is 10.7. The Bertz CT molecular complexity index is 691. The van der Waals surface area contributed by atoms with Crippen molar-refractivity contribution >= 4 is 0 Å². The van der Waals surface area contributed by atoms with Gasteiger partial charge in [-0.25, -0.2) is 0 Å². The Hall–Kier alpha value is -0.380. The van der Waals surface area contributed by atoms with E-state index in [-0.39, 0.29) is 22.3 Å². The Morgan fingerprint density at radius 1 is 1.30 bits per heavy atom. The highest BCUT2D eigenvalue weighted by atomic mass is 16.3. The van der Waals surface area contributed by atoms with Crippen LogP contribution >= 0.6 is 0 Å². The molecular formula is C20H27NO2. The van der Waals surface area contributed by atoms with Crippen molar-refractivity contribution in [2.75, 3.05) is 6.54 Å². The number of hydrogen-bond acceptors (Lipinski definition) is 3. The molecule has 11 atom stereocenters. The van der Waals surface area contributed by atoms with Gasteiger partial charge in [0.15, 0.2) is 0 Å². The zero-order valence-electron chi connectivity index (χ0n) is 14.0. The van der Waals surface area contributed by atoms with Crippen molar-refractivity contribution in [3.05, 3.63) is 12.2 Å². The summed E-state index contributed by atoms with van der Waals surface area (Å²) in [5.41, 5.74) is 1.36. The first-order chi connectivity index (χ1) is 10.9. The second kappa shape index (κ2) is 3.08. The first-order valence-electron chi connectivity index (χ1n) is 9.73. The molecule has 3 heteroatoms. The minimum atomic E-state index is -0.572. The Kier molecular flexibility index (Phi) is 1.73. The summed E-state index contributed by atoms with van der Waals surface area (Å²) in [6.07, 6.45) is 6.75. The molecule has 23 heavy (non-hydrogen) atoms. The predicted octanol–water partition coefficient (Wildman–Crippen LogP) is 2.14. The molecule has 6 saturated carbocycles. The molecule has 0 aromatic rings. The van der Waals surface area contributed by atoms with Gasteiger partial charge in [0.2, 0.25) is 0 Å². The maximum atomic E-state index is 11.8. The van der Waals surface area contributed by atoms with Crippen LogP contribution < -0.4 is 0 Å². The van der Waals surface area contributed by atoms with Crippen LogP contribution in [0.1, 0.15) is 45.4 Å². The van der Waals surface area contributed by atoms with Crippen LogP contribution in [0.2, 0.25) is 0 Å². The molecule has 9 rings (SSSR count). The van der Waals surface area contributed by atoms with E-state index < -0.39 is 5.72 Å². The van der Waals surface area contributed by atoms with Gasteiger partial charge < -0.3 is 10.2 Å². The molecule has 6 aliphatic carbocycles. The molecule has 9 bridgehead atoms. The molecule has 0 amide bonds. The lowest BCUT2D eigenvalue weighted by atomic mass is 9.39. The first-order valence-corrected chi connectivity index (χ1v) is 9.73. The summed E-state index contributed by atoms with van der Waals surface area (Å²) in [6.45, 7) is 7.87. The largest absolute Gasteiger partial charge is 0.392 e. The smallest absolute Gasteiger partial charge is 0.123 e. The van der Waals surface area contributed by atoms with E-state index >= 15 is 0 Å². The third-order valence-corrected chi connectivity index (χ3v) is 10.2. The minimum absolute atomic E-state index is 0.167. The van der Waals surface area contributed by atoms with Crippen molar-refractivity contribution in [2.24, 2.45) is 39.9 Å². The molecule has 9 aliphatic rings. The molecule has 2 unspecified atom stereocenters. The van der Waals surface area contributed by atoms with Crippen molar-refractivity contribution in [1.82, 2.24) is 4.90 Å². The molecule has 3 heterocycles. The average Bonchev–Trinajstić information content (AvgIpc) is 2.81. The van der Waals surface area contributed by atoms with Crippen LogP contribution in [-0.2, 0) is 0 Å². The highest BCUT2D eigenvalue weighted by Gasteiger charge is 2.91. The van der Waals surface area contributed by atoms with Gasteiger partial charge in [0.1, 0.15) is 5.72 Å². The van der Waals surface area contributed by atoms with E-state index in [1.54, 1.807) is 0 Å². The summed E-state index contributed by atoms with van der Waals surface area (Å²) in [6, 6.07) is 0.553. The molecule has 3 nitrogen and oxygen atoms in total. The number of hydrogen-bond donors (Lipinski definition) is 2. The molecule has 3 aliphatic heterocycles. The van der Waals surface area contributed by atoms with Gasteiger partial charge in [0.05, 0.1) is 6.10 Å². The van der Waals surface area contributed by atoms with Gasteiger partial charge in [-0.2, -0.15) is 0 Å². The van der Waals surface area contributed by atoms with Gasteiger partial charge in [0.25, 0.3) is 0 Å². The highest BCUT2D eigenvalue weighted by Crippen LogP contribution is 2.88. The van der Waals surface area contributed by atoms with Crippen LogP contribution in [0.3, 0.4) is 0 Å². The highest BCUT2D eigenvalue weighted by molar-refractivity contribution is 5.42. The summed E-state index contributed by atoms with van der Waals surface area (Å²) in [5, 5.41) is 23.2. The molecule has 0 aromatic carbocycles. The fourth-order valence-electron chi connectivity index (χ4n) is 10.6. The van der Waals surface area contributed by atoms with Crippen LogP contribution in [-0.4, -0.2) is 39.5 Å². The summed E-state index contributed by atoms with van der Waals surface area (Å²) < 4.78 is 0. The molecule has 9 fully saturated rings. The lowest BCUT2D eigenvalue weighted by Gasteiger charge is -2.66. The van der Waals surface area contributed by atoms with Crippen molar-refractivity contribution in [1.29, 1.82) is 0 Å². The zero-order valence-corrected chi connectivity index (χ0v) is 14.0. The van der Waals surface area contributed by atoms with E-state index in [0.29, 0.717) is 29.7 Å². The van der Waals surface area contributed by atoms with Crippen LogP contribution in [0.4, 0.5) is 0 Å². The van der Waals surface area contributed by atoms with Gasteiger partial charge in [0, 0.05) is 24.4 Å². The molecular weight excluding hydrogens is 286 g/mol. The standard InChI is InChI=1S/C20H27NO2/c1-10-7-18-8-20(23)16-17(2)4-3-5-19(16)14(18)13(22)11(10)6-12(18)15(19)21(20)9-17/h11-16,22-23H,1,3-9H2,2H3/t11-,12-,13?,14-,15-,16-,17-,18+,19+,20-/m1/s1. The number of aliphatic hydroxyl groups is 2. The Morgan fingerprint density at radius 3 is 2.96 bits per heavy atom. The number of nitrogens with zero attached hydrogens (tertiary/aromatic N) is 1. The number of rotatable bonds is 0. The molecule has 124 valence electrons. The van der Waals surface area contributed by atoms with Crippen LogP contribution in [0.25, 0.3) is 0 Å². The molecule has 2 spiro atoms. The third kappa shape index (κ3) is 0.910. The first kappa shape index (κ1) is 12.9. The van der Waals surface area contributed by atoms with E-state index in [1.165, 1.54) is 24.8 Å². The van der Waals surface area contributed by atoms with Crippen molar-refractivity contribution in [2.45, 2.75) is 63.3 Å². The second-order valence-electron chi connectivity index (χ2n) is 10.7. The number of piperidine rings is 2. The normalized spacial score (nSPS) is 75.6. The van der Waals surface area contributed by atoms with E-state index in [2.05, 4.69) is 18.4 Å². The van der Waals surface area contributed by atoms with E-state index in [0.717, 1.165) is 25.8 Å². The monoisotopic (exact) mass is 313 g/mol. The van der Waals surface area contributed by atoms with Crippen molar-refractivity contribution < 1.29 is 10.2 Å². The van der Waals surface area contributed by atoms with Crippen LogP contribution in [0.5, 0.6) is 0 Å². The van der Waals surface area contributed by atoms with Crippen LogP contribution in [0.15, 0.2) is 12.2 Å². The SMILES string of the molecule is C=C1C[C@@]23C[C@@]4(O)[C@@H]5[C@]6(C)CCC[C@@]57[C@@H]2C(O)[C@@H]1C[C@@H]3[C@H]7N4C6. The minimum Gasteiger partial charge on any atom is -0.392 e. The van der Waals surface area contributed by atoms with Gasteiger partial charge in [-0.05, 0) is 60.2 Å². The Morgan fingerprint density at radius 2 is 2.13 bits per heavy atom. The zero-order chi connectivity index (χ0) is 15.6. The molecule has 0 radical (unpaired) electrons. The summed E-state index contributed by atoms with van der Waals surface area (Å²) in [5.74, 6) is 1.89. The number of aliphatic hydroxyl groups excluding tert-OH is 1. The lowest BCUT2D eigenvalue weighted by molar-refractivity contribution is -0.246. The Balaban J connectivity index is 1.56. The predicted molar refractivity (Wildman–Crippen MR) is 85.2 cm³/mol. The van der Waals surface area contributed by atoms with E-state index in [1.807, 2.05) is 0 Å². The maximum Gasteiger partial charge on any atom is 0.123 e. The van der Waals surface area contributed by atoms with Crippen molar-refractivity contribution in [3.63, 3.8) is 0 Å². The topological polar surface area (TPSA) is 43.7 Å². The molecule has 3 saturated heterocycles. The summed E-state index contributed by atoms with van der Waals surface area (Å²) >= 11 is 0. The van der Waals surface area contributed by atoms with Crippen molar-refractivity contribution in [3.8, 4) is 0 Å². The van der Waals surface area contributed by atoms with Gasteiger partial charge in [-0.1, -0.05) is 25.5 Å². The summed E-state index contributed by atoms with van der Waals surface area (Å²) in [4.78, 5) is 2.56. The maximum absolute atomic E-state index is 11.8. The lowest BCUT2D eigenvalue weighted by Crippen LogP contribution is -2.67. The van der Waals surface area contributed by atoms with E-state index in [9.17, 15) is 10.2 Å². The quantitative estimate of drug-likeness (QED) is 0.674. The fraction of sp³-hybridized carbons (Fsp3) is 0.900. The Labute approximate surface area is 137 Å². The average molecular weight is 313 g/mol.